The second-order valence-corrected chi connectivity index (χ2v) is 7.64. The number of rotatable bonds is 17. The van der Waals surface area contributed by atoms with E-state index in [9.17, 15) is 5.11 Å². The van der Waals surface area contributed by atoms with E-state index in [4.69, 9.17) is 0 Å². The van der Waals surface area contributed by atoms with Crippen LogP contribution in [-0.2, 0) is 0 Å². The summed E-state index contributed by atoms with van der Waals surface area (Å²) in [6.07, 6.45) is 19.0. The Hall–Kier alpha value is -0.930. The summed E-state index contributed by atoms with van der Waals surface area (Å²) in [5.41, 5.74) is 0.934. The van der Waals surface area contributed by atoms with E-state index < -0.39 is 6.10 Å². The zero-order valence-corrected chi connectivity index (χ0v) is 17.3. The van der Waals surface area contributed by atoms with Gasteiger partial charge in [0.05, 0.1) is 6.10 Å². The van der Waals surface area contributed by atoms with Crippen LogP contribution in [0.25, 0.3) is 0 Å². The maximum Gasteiger partial charge on any atom is 0.0931 e. The molecule has 0 unspecified atom stereocenters. The molecule has 0 aliphatic heterocycles. The molecule has 1 heterocycles. The van der Waals surface area contributed by atoms with Crippen molar-refractivity contribution in [1.82, 2.24) is 9.88 Å². The first kappa shape index (κ1) is 23.1. The van der Waals surface area contributed by atoms with Gasteiger partial charge < -0.3 is 10.0 Å². The molecule has 0 fully saturated rings. The van der Waals surface area contributed by atoms with Crippen LogP contribution in [0.15, 0.2) is 24.5 Å². The molecule has 0 radical (unpaired) electrons. The Kier molecular flexibility index (Phi) is 14.5. The van der Waals surface area contributed by atoms with Gasteiger partial charge in [-0.25, -0.2) is 0 Å². The molecule has 1 aromatic heterocycles. The first-order chi connectivity index (χ1) is 12.8. The number of hydrogen-bond acceptors (Lipinski definition) is 3. The number of aliphatic hydroxyl groups excluding tert-OH is 1. The highest BCUT2D eigenvalue weighted by Crippen LogP contribution is 2.15. The van der Waals surface area contributed by atoms with Crippen molar-refractivity contribution in [3.8, 4) is 0 Å². The standard InChI is InChI=1S/C23H42N2O/c1-3-5-7-9-11-13-18-25(19-14-12-10-8-6-4-2)21-23(26)22-16-15-17-24-20-22/h15-17,20,23,26H,3-14,18-19,21H2,1-2H3/t23-/m1/s1. The normalized spacial score (nSPS) is 12.6. The monoisotopic (exact) mass is 362 g/mol. The Labute approximate surface area is 162 Å². The molecule has 3 nitrogen and oxygen atoms in total. The predicted octanol–water partition coefficient (Wildman–Crippen LogP) is 6.14. The molecule has 0 aromatic carbocycles. The second kappa shape index (κ2) is 16.3. The summed E-state index contributed by atoms with van der Waals surface area (Å²) in [4.78, 5) is 6.61. The Bertz CT molecular complexity index is 394. The minimum absolute atomic E-state index is 0.427. The van der Waals surface area contributed by atoms with Crippen molar-refractivity contribution in [2.75, 3.05) is 19.6 Å². The minimum Gasteiger partial charge on any atom is -0.387 e. The summed E-state index contributed by atoms with van der Waals surface area (Å²) in [7, 11) is 0. The lowest BCUT2D eigenvalue weighted by atomic mass is 10.1. The fourth-order valence-corrected chi connectivity index (χ4v) is 3.45. The van der Waals surface area contributed by atoms with Gasteiger partial charge >= 0.3 is 0 Å². The SMILES string of the molecule is CCCCCCCCN(CCCCCCCC)C[C@@H](O)c1cccnc1. The Morgan fingerprint density at radius 1 is 0.846 bits per heavy atom. The van der Waals surface area contributed by atoms with Crippen molar-refractivity contribution in [2.45, 2.75) is 97.0 Å². The summed E-state index contributed by atoms with van der Waals surface area (Å²) in [5, 5.41) is 10.6. The molecule has 0 aliphatic rings. The summed E-state index contributed by atoms with van der Waals surface area (Å²) in [6.45, 7) is 7.48. The van der Waals surface area contributed by atoms with Crippen molar-refractivity contribution < 1.29 is 5.11 Å². The lowest BCUT2D eigenvalue weighted by molar-refractivity contribution is 0.110. The van der Waals surface area contributed by atoms with Crippen molar-refractivity contribution >= 4 is 0 Å². The molecule has 26 heavy (non-hydrogen) atoms. The predicted molar refractivity (Wildman–Crippen MR) is 112 cm³/mol. The van der Waals surface area contributed by atoms with Crippen LogP contribution in [0.4, 0.5) is 0 Å². The first-order valence-corrected chi connectivity index (χ1v) is 11.1. The van der Waals surface area contributed by atoms with Crippen LogP contribution in [0.3, 0.4) is 0 Å². The van der Waals surface area contributed by atoms with Gasteiger partial charge in [0, 0.05) is 24.5 Å². The fourth-order valence-electron chi connectivity index (χ4n) is 3.45. The van der Waals surface area contributed by atoms with Gasteiger partial charge in [0.2, 0.25) is 0 Å². The van der Waals surface area contributed by atoms with Gasteiger partial charge in [-0.15, -0.1) is 0 Å². The van der Waals surface area contributed by atoms with Gasteiger partial charge in [-0.3, -0.25) is 4.98 Å². The molecule has 150 valence electrons. The fraction of sp³-hybridized carbons (Fsp3) is 0.783. The average Bonchev–Trinajstić information content (AvgIpc) is 2.67. The Morgan fingerprint density at radius 2 is 1.38 bits per heavy atom. The van der Waals surface area contributed by atoms with Gasteiger partial charge in [-0.2, -0.15) is 0 Å². The zero-order chi connectivity index (χ0) is 18.9. The number of pyridine rings is 1. The van der Waals surface area contributed by atoms with Crippen LogP contribution in [0, 0.1) is 0 Å². The number of aliphatic hydroxyl groups is 1. The molecule has 0 saturated carbocycles. The molecule has 0 saturated heterocycles. The molecular weight excluding hydrogens is 320 g/mol. The lowest BCUT2D eigenvalue weighted by Crippen LogP contribution is -2.31. The molecule has 0 amide bonds. The third-order valence-electron chi connectivity index (χ3n) is 5.16. The van der Waals surface area contributed by atoms with Crippen LogP contribution >= 0.6 is 0 Å². The highest BCUT2D eigenvalue weighted by molar-refractivity contribution is 5.12. The molecule has 1 aromatic rings. The molecule has 1 rings (SSSR count). The third kappa shape index (κ3) is 11.6. The van der Waals surface area contributed by atoms with Gasteiger partial charge in [0.1, 0.15) is 0 Å². The van der Waals surface area contributed by atoms with Crippen LogP contribution in [0.2, 0.25) is 0 Å². The van der Waals surface area contributed by atoms with E-state index in [2.05, 4.69) is 23.7 Å². The number of unbranched alkanes of at least 4 members (excludes halogenated alkanes) is 10. The summed E-state index contributed by atoms with van der Waals surface area (Å²) in [6, 6.07) is 3.88. The average molecular weight is 363 g/mol. The van der Waals surface area contributed by atoms with Crippen molar-refractivity contribution in [1.29, 1.82) is 0 Å². The van der Waals surface area contributed by atoms with E-state index >= 15 is 0 Å². The maximum atomic E-state index is 10.6. The molecular formula is C23H42N2O. The molecule has 0 bridgehead atoms. The lowest BCUT2D eigenvalue weighted by Gasteiger charge is -2.25. The first-order valence-electron chi connectivity index (χ1n) is 11.1. The van der Waals surface area contributed by atoms with Crippen molar-refractivity contribution in [3.63, 3.8) is 0 Å². The summed E-state index contributed by atoms with van der Waals surface area (Å²) < 4.78 is 0. The van der Waals surface area contributed by atoms with Crippen LogP contribution in [0.5, 0.6) is 0 Å². The maximum absolute atomic E-state index is 10.6. The van der Waals surface area contributed by atoms with E-state index in [1.807, 2.05) is 12.1 Å². The smallest absolute Gasteiger partial charge is 0.0931 e. The number of aromatic nitrogens is 1. The van der Waals surface area contributed by atoms with Crippen molar-refractivity contribution in [2.24, 2.45) is 0 Å². The van der Waals surface area contributed by atoms with Gasteiger partial charge in [0.15, 0.2) is 0 Å². The highest BCUT2D eigenvalue weighted by atomic mass is 16.3. The van der Waals surface area contributed by atoms with E-state index in [-0.39, 0.29) is 0 Å². The molecule has 1 N–H and O–H groups in total. The van der Waals surface area contributed by atoms with Crippen LogP contribution < -0.4 is 0 Å². The van der Waals surface area contributed by atoms with Gasteiger partial charge in [-0.1, -0.05) is 84.1 Å². The van der Waals surface area contributed by atoms with Gasteiger partial charge in [-0.05, 0) is 32.0 Å². The van der Waals surface area contributed by atoms with E-state index in [1.165, 1.54) is 77.0 Å². The molecule has 3 heteroatoms. The minimum atomic E-state index is -0.427. The van der Waals surface area contributed by atoms with Crippen molar-refractivity contribution in [3.05, 3.63) is 30.1 Å². The highest BCUT2D eigenvalue weighted by Gasteiger charge is 2.13. The largest absolute Gasteiger partial charge is 0.387 e. The van der Waals surface area contributed by atoms with E-state index in [0.717, 1.165) is 25.2 Å². The summed E-state index contributed by atoms with van der Waals surface area (Å²) >= 11 is 0. The molecule has 0 spiro atoms. The van der Waals surface area contributed by atoms with E-state index in [0.29, 0.717) is 0 Å². The quantitative estimate of drug-likeness (QED) is 0.338. The van der Waals surface area contributed by atoms with Crippen LogP contribution in [-0.4, -0.2) is 34.6 Å². The third-order valence-corrected chi connectivity index (χ3v) is 5.16. The second-order valence-electron chi connectivity index (χ2n) is 7.64. The molecule has 0 aliphatic carbocycles. The Morgan fingerprint density at radius 3 is 1.88 bits per heavy atom. The topological polar surface area (TPSA) is 36.4 Å². The zero-order valence-electron chi connectivity index (χ0n) is 17.3. The summed E-state index contributed by atoms with van der Waals surface area (Å²) in [5.74, 6) is 0. The van der Waals surface area contributed by atoms with E-state index in [1.54, 1.807) is 12.4 Å². The molecule has 1 atom stereocenters. The number of nitrogens with zero attached hydrogens (tertiary/aromatic N) is 2. The number of hydrogen-bond donors (Lipinski definition) is 1. The van der Waals surface area contributed by atoms with Gasteiger partial charge in [0.25, 0.3) is 0 Å². The Balaban J connectivity index is 2.33. The van der Waals surface area contributed by atoms with Crippen LogP contribution in [0.1, 0.15) is 103 Å².